The molecule has 0 bridgehead atoms. The molecule has 2 heterocycles. The van der Waals surface area contributed by atoms with Crippen LogP contribution in [0.4, 0.5) is 17.2 Å². The molecule has 3 N–H and O–H groups in total. The van der Waals surface area contributed by atoms with Crippen molar-refractivity contribution in [3.8, 4) is 11.3 Å². The van der Waals surface area contributed by atoms with E-state index in [-0.39, 0.29) is 5.91 Å². The number of hydrogen-bond donors (Lipinski definition) is 3. The Morgan fingerprint density at radius 3 is 2.12 bits per heavy atom. The SMILES string of the molecule is CC(=O)Nc1ccc(Nc2ccc(-c3ccc(C4CCC(CC(=O)O)CC4)cc3)nc2)cn1. The summed E-state index contributed by atoms with van der Waals surface area (Å²) in [6.45, 7) is 1.45. The molecule has 4 rings (SSSR count). The minimum Gasteiger partial charge on any atom is -0.481 e. The number of carbonyl (C=O) groups excluding carboxylic acids is 1. The lowest BCUT2D eigenvalue weighted by atomic mass is 9.77. The first-order valence-corrected chi connectivity index (χ1v) is 11.2. The fraction of sp³-hybridized carbons (Fsp3) is 0.308. The summed E-state index contributed by atoms with van der Waals surface area (Å²) in [7, 11) is 0. The maximum Gasteiger partial charge on any atom is 0.303 e. The second-order valence-corrected chi connectivity index (χ2v) is 8.61. The van der Waals surface area contributed by atoms with E-state index in [1.54, 1.807) is 18.5 Å². The van der Waals surface area contributed by atoms with E-state index in [1.807, 2.05) is 18.2 Å². The van der Waals surface area contributed by atoms with Gasteiger partial charge >= 0.3 is 5.97 Å². The van der Waals surface area contributed by atoms with E-state index < -0.39 is 5.97 Å². The minimum atomic E-state index is -0.687. The van der Waals surface area contributed by atoms with Gasteiger partial charge in [-0.3, -0.25) is 14.6 Å². The van der Waals surface area contributed by atoms with Gasteiger partial charge in [0.25, 0.3) is 0 Å². The monoisotopic (exact) mass is 444 g/mol. The number of nitrogens with one attached hydrogen (secondary N) is 2. The maximum absolute atomic E-state index is 11.1. The van der Waals surface area contributed by atoms with Gasteiger partial charge in [0.2, 0.25) is 5.91 Å². The van der Waals surface area contributed by atoms with Crippen LogP contribution in [0.3, 0.4) is 0 Å². The van der Waals surface area contributed by atoms with Gasteiger partial charge in [-0.1, -0.05) is 24.3 Å². The highest BCUT2D eigenvalue weighted by Crippen LogP contribution is 2.37. The molecule has 170 valence electrons. The molecule has 1 aromatic carbocycles. The fourth-order valence-electron chi connectivity index (χ4n) is 4.40. The Morgan fingerprint density at radius 1 is 0.909 bits per heavy atom. The van der Waals surface area contributed by atoms with Gasteiger partial charge in [0.05, 0.1) is 29.5 Å². The summed E-state index contributed by atoms with van der Waals surface area (Å²) in [5, 5.41) is 14.9. The van der Waals surface area contributed by atoms with Gasteiger partial charge in [0, 0.05) is 18.9 Å². The normalized spacial score (nSPS) is 17.8. The smallest absolute Gasteiger partial charge is 0.303 e. The Bertz CT molecular complexity index is 1090. The van der Waals surface area contributed by atoms with Crippen LogP contribution in [0.25, 0.3) is 11.3 Å². The second-order valence-electron chi connectivity index (χ2n) is 8.61. The number of carboxylic acid groups (broad SMARTS) is 1. The molecule has 1 aliphatic rings. The number of amides is 1. The number of anilines is 3. The van der Waals surface area contributed by atoms with Gasteiger partial charge < -0.3 is 15.7 Å². The van der Waals surface area contributed by atoms with Crippen molar-refractivity contribution in [2.75, 3.05) is 10.6 Å². The van der Waals surface area contributed by atoms with Crippen molar-refractivity contribution in [1.82, 2.24) is 9.97 Å². The van der Waals surface area contributed by atoms with Crippen LogP contribution in [0.15, 0.2) is 60.9 Å². The highest BCUT2D eigenvalue weighted by Gasteiger charge is 2.23. The van der Waals surface area contributed by atoms with Crippen LogP contribution < -0.4 is 10.6 Å². The number of carboxylic acids is 1. The van der Waals surface area contributed by atoms with E-state index in [0.717, 1.165) is 48.3 Å². The molecule has 1 fully saturated rings. The van der Waals surface area contributed by atoms with E-state index in [0.29, 0.717) is 24.1 Å². The van der Waals surface area contributed by atoms with Crippen molar-refractivity contribution in [2.45, 2.75) is 44.9 Å². The fourth-order valence-corrected chi connectivity index (χ4v) is 4.40. The zero-order chi connectivity index (χ0) is 23.2. The van der Waals surface area contributed by atoms with Crippen molar-refractivity contribution in [3.63, 3.8) is 0 Å². The first-order valence-electron chi connectivity index (χ1n) is 11.2. The molecule has 0 spiro atoms. The molecule has 1 aliphatic carbocycles. The molecule has 1 saturated carbocycles. The number of aromatic nitrogens is 2. The number of benzene rings is 1. The highest BCUT2D eigenvalue weighted by atomic mass is 16.4. The van der Waals surface area contributed by atoms with Gasteiger partial charge in [-0.15, -0.1) is 0 Å². The van der Waals surface area contributed by atoms with E-state index in [2.05, 4.69) is 44.9 Å². The Labute approximate surface area is 193 Å². The van der Waals surface area contributed by atoms with Crippen molar-refractivity contribution in [3.05, 3.63) is 66.5 Å². The summed E-state index contributed by atoms with van der Waals surface area (Å²) in [5.74, 6) is 0.500. The summed E-state index contributed by atoms with van der Waals surface area (Å²) in [6, 6.07) is 16.1. The maximum atomic E-state index is 11.1. The molecule has 0 unspecified atom stereocenters. The molecular weight excluding hydrogens is 416 g/mol. The quantitative estimate of drug-likeness (QED) is 0.439. The molecular formula is C26H28N4O3. The second kappa shape index (κ2) is 10.3. The van der Waals surface area contributed by atoms with Crippen LogP contribution in [0, 0.1) is 5.92 Å². The van der Waals surface area contributed by atoms with Crippen LogP contribution in [0.1, 0.15) is 50.5 Å². The van der Waals surface area contributed by atoms with Crippen molar-refractivity contribution in [2.24, 2.45) is 5.92 Å². The summed E-state index contributed by atoms with van der Waals surface area (Å²) >= 11 is 0. The third-order valence-corrected chi connectivity index (χ3v) is 6.11. The Kier molecular flexibility index (Phi) is 6.98. The molecule has 2 aromatic heterocycles. The molecule has 7 nitrogen and oxygen atoms in total. The molecule has 0 atom stereocenters. The molecule has 3 aromatic rings. The number of aliphatic carboxylic acids is 1. The standard InChI is InChI=1S/C26H28N4O3/c1-17(31)29-25-13-11-23(16-28-25)30-22-10-12-24(27-15-22)21-8-6-20(7-9-21)19-4-2-18(3-5-19)14-26(32)33/h6-13,15-16,18-19,30H,2-5,14H2,1H3,(H,32,33)(H,28,29,31). The van der Waals surface area contributed by atoms with Gasteiger partial charge in [0.1, 0.15) is 5.82 Å². The summed E-state index contributed by atoms with van der Waals surface area (Å²) in [6.07, 6.45) is 7.82. The van der Waals surface area contributed by atoms with E-state index in [4.69, 9.17) is 5.11 Å². The highest BCUT2D eigenvalue weighted by molar-refractivity contribution is 5.87. The third kappa shape index (κ3) is 6.16. The molecule has 7 heteroatoms. The van der Waals surface area contributed by atoms with Crippen LogP contribution >= 0.6 is 0 Å². The largest absolute Gasteiger partial charge is 0.481 e. The van der Waals surface area contributed by atoms with Gasteiger partial charge in [0.15, 0.2) is 0 Å². The number of hydrogen-bond acceptors (Lipinski definition) is 5. The van der Waals surface area contributed by atoms with Gasteiger partial charge in [-0.05, 0) is 67.3 Å². The number of nitrogens with zero attached hydrogens (tertiary/aromatic N) is 2. The van der Waals surface area contributed by atoms with E-state index in [9.17, 15) is 9.59 Å². The third-order valence-electron chi connectivity index (χ3n) is 6.11. The van der Waals surface area contributed by atoms with Gasteiger partial charge in [-0.25, -0.2) is 4.98 Å². The first-order chi connectivity index (χ1) is 16.0. The van der Waals surface area contributed by atoms with Crippen molar-refractivity contribution < 1.29 is 14.7 Å². The Balaban J connectivity index is 1.34. The van der Waals surface area contributed by atoms with Crippen molar-refractivity contribution >= 4 is 29.1 Å². The lowest BCUT2D eigenvalue weighted by Crippen LogP contribution is -2.16. The van der Waals surface area contributed by atoms with Crippen molar-refractivity contribution in [1.29, 1.82) is 0 Å². The van der Waals surface area contributed by atoms with Crippen LogP contribution in [0.5, 0.6) is 0 Å². The first kappa shape index (κ1) is 22.5. The zero-order valence-electron chi connectivity index (χ0n) is 18.6. The predicted molar refractivity (Wildman–Crippen MR) is 128 cm³/mol. The lowest BCUT2D eigenvalue weighted by molar-refractivity contribution is -0.138. The average Bonchev–Trinajstić information content (AvgIpc) is 2.81. The minimum absolute atomic E-state index is 0.154. The molecule has 0 saturated heterocycles. The molecule has 33 heavy (non-hydrogen) atoms. The van der Waals surface area contributed by atoms with E-state index >= 15 is 0 Å². The Hall–Kier alpha value is -3.74. The average molecular weight is 445 g/mol. The van der Waals surface area contributed by atoms with Gasteiger partial charge in [-0.2, -0.15) is 0 Å². The predicted octanol–water partition coefficient (Wildman–Crippen LogP) is 5.59. The lowest BCUT2D eigenvalue weighted by Gasteiger charge is -2.28. The molecule has 0 radical (unpaired) electrons. The van der Waals surface area contributed by atoms with Crippen LogP contribution in [-0.4, -0.2) is 27.0 Å². The van der Waals surface area contributed by atoms with E-state index in [1.165, 1.54) is 12.5 Å². The number of carbonyl (C=O) groups is 2. The molecule has 0 aliphatic heterocycles. The Morgan fingerprint density at radius 2 is 1.58 bits per heavy atom. The topological polar surface area (TPSA) is 104 Å². The molecule has 1 amide bonds. The number of pyridine rings is 2. The van der Waals surface area contributed by atoms with Crippen LogP contribution in [-0.2, 0) is 9.59 Å². The summed E-state index contributed by atoms with van der Waals surface area (Å²) in [5.41, 5.74) is 4.94. The zero-order valence-corrected chi connectivity index (χ0v) is 18.6. The summed E-state index contributed by atoms with van der Waals surface area (Å²) in [4.78, 5) is 30.8. The number of rotatable bonds is 7. The van der Waals surface area contributed by atoms with Crippen LogP contribution in [0.2, 0.25) is 0 Å². The summed E-state index contributed by atoms with van der Waals surface area (Å²) < 4.78 is 0.